The molecule has 1 rings (SSSR count). The van der Waals surface area contributed by atoms with E-state index in [4.69, 9.17) is 4.52 Å². The fourth-order valence-corrected chi connectivity index (χ4v) is 0.875. The van der Waals surface area contributed by atoms with E-state index in [0.29, 0.717) is 5.89 Å². The Morgan fingerprint density at radius 1 is 1.55 bits per heavy atom. The maximum absolute atomic E-state index is 4.84. The van der Waals surface area contributed by atoms with Gasteiger partial charge in [-0.1, -0.05) is 24.2 Å². The van der Waals surface area contributed by atoms with Gasteiger partial charge >= 0.3 is 0 Å². The van der Waals surface area contributed by atoms with Crippen LogP contribution in [-0.2, 0) is 0 Å². The third-order valence-corrected chi connectivity index (χ3v) is 1.43. The van der Waals surface area contributed by atoms with Crippen LogP contribution in [0.25, 0.3) is 0 Å². The minimum atomic E-state index is 0.248. The van der Waals surface area contributed by atoms with Gasteiger partial charge in [0.15, 0.2) is 5.82 Å². The van der Waals surface area contributed by atoms with Crippen LogP contribution in [0.2, 0.25) is 0 Å². The van der Waals surface area contributed by atoms with Gasteiger partial charge in [0.25, 0.3) is 0 Å². The van der Waals surface area contributed by atoms with E-state index in [1.807, 2.05) is 26.0 Å². The Hall–Kier alpha value is -1.12. The van der Waals surface area contributed by atoms with E-state index < -0.39 is 0 Å². The van der Waals surface area contributed by atoms with Crippen molar-refractivity contribution in [3.8, 4) is 0 Å². The minimum Gasteiger partial charge on any atom is -0.340 e. The van der Waals surface area contributed by atoms with Crippen molar-refractivity contribution in [3.63, 3.8) is 0 Å². The standard InChI is InChI=1S/C8H12N2O/c1-4-5-6(2)8-9-7(3)11-10-8/h4-6H,1-3H3/b5-4-. The molecule has 0 spiro atoms. The summed E-state index contributed by atoms with van der Waals surface area (Å²) in [6.07, 6.45) is 4.01. The summed E-state index contributed by atoms with van der Waals surface area (Å²) in [6.45, 7) is 5.80. The van der Waals surface area contributed by atoms with Crippen molar-refractivity contribution >= 4 is 0 Å². The van der Waals surface area contributed by atoms with E-state index in [-0.39, 0.29) is 5.92 Å². The average molecular weight is 152 g/mol. The summed E-state index contributed by atoms with van der Waals surface area (Å²) in [5, 5.41) is 3.80. The molecule has 0 aliphatic heterocycles. The van der Waals surface area contributed by atoms with E-state index in [2.05, 4.69) is 10.1 Å². The molecular formula is C8H12N2O. The van der Waals surface area contributed by atoms with E-state index in [0.717, 1.165) is 5.82 Å². The molecule has 1 aromatic heterocycles. The lowest BCUT2D eigenvalue weighted by Crippen LogP contribution is -1.91. The molecule has 0 aliphatic rings. The Bertz CT molecular complexity index is 252. The Morgan fingerprint density at radius 3 is 2.73 bits per heavy atom. The number of rotatable bonds is 2. The summed E-state index contributed by atoms with van der Waals surface area (Å²) >= 11 is 0. The molecule has 0 bridgehead atoms. The molecule has 0 fully saturated rings. The summed E-state index contributed by atoms with van der Waals surface area (Å²) < 4.78 is 4.84. The molecule has 1 aromatic rings. The van der Waals surface area contributed by atoms with Crippen LogP contribution < -0.4 is 0 Å². The van der Waals surface area contributed by atoms with Crippen LogP contribution in [0.1, 0.15) is 31.5 Å². The van der Waals surface area contributed by atoms with E-state index in [1.54, 1.807) is 6.92 Å². The van der Waals surface area contributed by atoms with Crippen LogP contribution in [0.4, 0.5) is 0 Å². The van der Waals surface area contributed by atoms with E-state index >= 15 is 0 Å². The molecule has 0 saturated carbocycles. The summed E-state index contributed by atoms with van der Waals surface area (Å²) in [5.74, 6) is 1.62. The lowest BCUT2D eigenvalue weighted by atomic mass is 10.1. The lowest BCUT2D eigenvalue weighted by Gasteiger charge is -1.95. The Morgan fingerprint density at radius 2 is 2.27 bits per heavy atom. The van der Waals surface area contributed by atoms with Crippen molar-refractivity contribution in [1.82, 2.24) is 10.1 Å². The number of allylic oxidation sites excluding steroid dienone is 2. The van der Waals surface area contributed by atoms with Crippen molar-refractivity contribution in [1.29, 1.82) is 0 Å². The molecule has 0 amide bonds. The van der Waals surface area contributed by atoms with Crippen LogP contribution in [0.3, 0.4) is 0 Å². The summed E-state index contributed by atoms with van der Waals surface area (Å²) in [5.41, 5.74) is 0. The molecule has 0 saturated heterocycles. The van der Waals surface area contributed by atoms with Gasteiger partial charge < -0.3 is 4.52 Å². The molecule has 3 nitrogen and oxygen atoms in total. The van der Waals surface area contributed by atoms with Crippen LogP contribution in [0.15, 0.2) is 16.7 Å². The molecule has 11 heavy (non-hydrogen) atoms. The highest BCUT2D eigenvalue weighted by Gasteiger charge is 2.07. The largest absolute Gasteiger partial charge is 0.340 e. The van der Waals surface area contributed by atoms with Crippen molar-refractivity contribution in [2.75, 3.05) is 0 Å². The Balaban J connectivity index is 2.76. The van der Waals surface area contributed by atoms with Crippen molar-refractivity contribution in [2.45, 2.75) is 26.7 Å². The highest BCUT2D eigenvalue weighted by atomic mass is 16.5. The van der Waals surface area contributed by atoms with Crippen LogP contribution in [-0.4, -0.2) is 10.1 Å². The second-order valence-electron chi connectivity index (χ2n) is 2.49. The minimum absolute atomic E-state index is 0.248. The van der Waals surface area contributed by atoms with Gasteiger partial charge in [-0.15, -0.1) is 0 Å². The first-order chi connectivity index (χ1) is 5.24. The molecule has 1 unspecified atom stereocenters. The van der Waals surface area contributed by atoms with Crippen molar-refractivity contribution in [3.05, 3.63) is 23.9 Å². The maximum atomic E-state index is 4.84. The van der Waals surface area contributed by atoms with Gasteiger partial charge in [0.05, 0.1) is 0 Å². The second kappa shape index (κ2) is 3.32. The zero-order chi connectivity index (χ0) is 8.27. The highest BCUT2D eigenvalue weighted by molar-refractivity contribution is 5.03. The molecule has 0 radical (unpaired) electrons. The monoisotopic (exact) mass is 152 g/mol. The first-order valence-corrected chi connectivity index (χ1v) is 3.67. The fourth-order valence-electron chi connectivity index (χ4n) is 0.875. The zero-order valence-corrected chi connectivity index (χ0v) is 7.03. The topological polar surface area (TPSA) is 38.9 Å². The molecule has 60 valence electrons. The quantitative estimate of drug-likeness (QED) is 0.609. The van der Waals surface area contributed by atoms with Gasteiger partial charge in [0.2, 0.25) is 5.89 Å². The molecular weight excluding hydrogens is 140 g/mol. The number of hydrogen-bond donors (Lipinski definition) is 0. The number of nitrogens with zero attached hydrogens (tertiary/aromatic N) is 2. The van der Waals surface area contributed by atoms with Gasteiger partial charge in [-0.05, 0) is 6.92 Å². The predicted octanol–water partition coefficient (Wildman–Crippen LogP) is 2.06. The smallest absolute Gasteiger partial charge is 0.223 e. The van der Waals surface area contributed by atoms with Crippen molar-refractivity contribution in [2.24, 2.45) is 0 Å². The summed E-state index contributed by atoms with van der Waals surface area (Å²) in [4.78, 5) is 4.10. The summed E-state index contributed by atoms with van der Waals surface area (Å²) in [7, 11) is 0. The van der Waals surface area contributed by atoms with Crippen LogP contribution in [0.5, 0.6) is 0 Å². The predicted molar refractivity (Wildman–Crippen MR) is 42.3 cm³/mol. The normalized spacial score (nSPS) is 14.1. The SMILES string of the molecule is C/C=C\C(C)c1noc(C)n1. The van der Waals surface area contributed by atoms with Crippen LogP contribution in [0, 0.1) is 6.92 Å². The maximum Gasteiger partial charge on any atom is 0.223 e. The van der Waals surface area contributed by atoms with Gasteiger partial charge in [0, 0.05) is 12.8 Å². The number of hydrogen-bond acceptors (Lipinski definition) is 3. The second-order valence-corrected chi connectivity index (χ2v) is 2.49. The molecule has 0 aromatic carbocycles. The first kappa shape index (κ1) is 7.98. The average Bonchev–Trinajstić information content (AvgIpc) is 2.36. The number of aryl methyl sites for hydroxylation is 1. The molecule has 1 heterocycles. The third kappa shape index (κ3) is 1.90. The van der Waals surface area contributed by atoms with Gasteiger partial charge in [0.1, 0.15) is 0 Å². The molecule has 0 aliphatic carbocycles. The Labute approximate surface area is 66.1 Å². The van der Waals surface area contributed by atoms with Gasteiger partial charge in [-0.3, -0.25) is 0 Å². The van der Waals surface area contributed by atoms with Gasteiger partial charge in [-0.2, -0.15) is 4.98 Å². The fraction of sp³-hybridized carbons (Fsp3) is 0.500. The van der Waals surface area contributed by atoms with E-state index in [9.17, 15) is 0 Å². The summed E-state index contributed by atoms with van der Waals surface area (Å²) in [6, 6.07) is 0. The third-order valence-electron chi connectivity index (χ3n) is 1.43. The van der Waals surface area contributed by atoms with E-state index in [1.165, 1.54) is 0 Å². The molecule has 3 heteroatoms. The molecule has 0 N–H and O–H groups in total. The zero-order valence-electron chi connectivity index (χ0n) is 7.03. The van der Waals surface area contributed by atoms with Gasteiger partial charge in [-0.25, -0.2) is 0 Å². The highest BCUT2D eigenvalue weighted by Crippen LogP contribution is 2.11. The van der Waals surface area contributed by atoms with Crippen LogP contribution >= 0.6 is 0 Å². The Kier molecular flexibility index (Phi) is 2.41. The first-order valence-electron chi connectivity index (χ1n) is 3.67. The molecule has 1 atom stereocenters. The lowest BCUT2D eigenvalue weighted by molar-refractivity contribution is 0.386. The van der Waals surface area contributed by atoms with Crippen molar-refractivity contribution < 1.29 is 4.52 Å². The number of aromatic nitrogens is 2.